The summed E-state index contributed by atoms with van der Waals surface area (Å²) in [6.07, 6.45) is 2.26. The number of unbranched alkanes of at least 4 members (excludes halogenated alkanes) is 2. The molecule has 5 amide bonds. The molecule has 1 aromatic rings. The second-order valence-corrected chi connectivity index (χ2v) is 13.3. The Morgan fingerprint density at radius 3 is 2.05 bits per heavy atom. The molecule has 0 aliphatic carbocycles. The van der Waals surface area contributed by atoms with E-state index in [-0.39, 0.29) is 54.5 Å². The summed E-state index contributed by atoms with van der Waals surface area (Å²) in [5, 5.41) is 7.96. The molecule has 1 heterocycles. The van der Waals surface area contributed by atoms with E-state index in [0.29, 0.717) is 31.5 Å². The van der Waals surface area contributed by atoms with Crippen LogP contribution in [-0.2, 0) is 40.1 Å². The molecule has 1 fully saturated rings. The van der Waals surface area contributed by atoms with Gasteiger partial charge in [-0.3, -0.25) is 33.7 Å². The zero-order valence-electron chi connectivity index (χ0n) is 26.8. The average Bonchev–Trinajstić information content (AvgIpc) is 3.20. The molecule has 1 unspecified atom stereocenters. The van der Waals surface area contributed by atoms with E-state index in [1.165, 1.54) is 4.90 Å². The third-order valence-electron chi connectivity index (χ3n) is 7.30. The van der Waals surface area contributed by atoms with Gasteiger partial charge in [-0.15, -0.1) is 0 Å². The van der Waals surface area contributed by atoms with E-state index >= 15 is 0 Å². The third-order valence-corrected chi connectivity index (χ3v) is 7.30. The van der Waals surface area contributed by atoms with Crippen molar-refractivity contribution >= 4 is 41.2 Å². The second-order valence-electron chi connectivity index (χ2n) is 13.3. The zero-order chi connectivity index (χ0) is 32.5. The van der Waals surface area contributed by atoms with Crippen LogP contribution in [0.25, 0.3) is 0 Å². The summed E-state index contributed by atoms with van der Waals surface area (Å²) < 4.78 is 5.29. The van der Waals surface area contributed by atoms with Crippen molar-refractivity contribution in [2.75, 3.05) is 11.9 Å². The van der Waals surface area contributed by atoms with Crippen LogP contribution < -0.4 is 16.0 Å². The topological polar surface area (TPSA) is 151 Å². The van der Waals surface area contributed by atoms with E-state index in [2.05, 4.69) is 16.0 Å². The van der Waals surface area contributed by atoms with Crippen LogP contribution in [0.2, 0.25) is 0 Å². The molecule has 238 valence electrons. The van der Waals surface area contributed by atoms with Crippen LogP contribution >= 0.6 is 0 Å². The summed E-state index contributed by atoms with van der Waals surface area (Å²) in [6.45, 7) is 14.8. The van der Waals surface area contributed by atoms with Gasteiger partial charge in [0.05, 0.1) is 11.3 Å². The Morgan fingerprint density at radius 1 is 0.884 bits per heavy atom. The molecule has 1 aromatic carbocycles. The van der Waals surface area contributed by atoms with Crippen molar-refractivity contribution in [3.63, 3.8) is 0 Å². The van der Waals surface area contributed by atoms with Gasteiger partial charge in [0, 0.05) is 25.1 Å². The number of rotatable bonds is 13. The summed E-state index contributed by atoms with van der Waals surface area (Å²) in [4.78, 5) is 75.6. The highest BCUT2D eigenvalue weighted by molar-refractivity contribution is 6.04. The molecule has 0 saturated carbocycles. The first-order chi connectivity index (χ1) is 19.9. The van der Waals surface area contributed by atoms with Gasteiger partial charge in [-0.25, -0.2) is 0 Å². The van der Waals surface area contributed by atoms with Crippen molar-refractivity contribution in [3.8, 4) is 0 Å². The molecule has 0 bridgehead atoms. The molecule has 43 heavy (non-hydrogen) atoms. The van der Waals surface area contributed by atoms with E-state index in [4.69, 9.17) is 4.74 Å². The number of carbonyl (C=O) groups is 6. The molecule has 2 rings (SSSR count). The van der Waals surface area contributed by atoms with Crippen LogP contribution in [0, 0.1) is 16.7 Å². The van der Waals surface area contributed by atoms with Crippen molar-refractivity contribution in [3.05, 3.63) is 29.8 Å². The highest BCUT2D eigenvalue weighted by atomic mass is 16.5. The fourth-order valence-electron chi connectivity index (χ4n) is 4.41. The Hall–Kier alpha value is -3.76. The number of hydrogen-bond donors (Lipinski definition) is 3. The third kappa shape index (κ3) is 11.1. The minimum absolute atomic E-state index is 0.119. The van der Waals surface area contributed by atoms with Gasteiger partial charge in [-0.05, 0) is 70.6 Å². The quantitative estimate of drug-likeness (QED) is 0.177. The van der Waals surface area contributed by atoms with Crippen molar-refractivity contribution in [1.82, 2.24) is 15.5 Å². The smallest absolute Gasteiger partial charge is 0.311 e. The van der Waals surface area contributed by atoms with Crippen LogP contribution in [-0.4, -0.2) is 59.0 Å². The van der Waals surface area contributed by atoms with Gasteiger partial charge in [0.2, 0.25) is 29.5 Å². The van der Waals surface area contributed by atoms with Gasteiger partial charge in [0.25, 0.3) is 0 Å². The summed E-state index contributed by atoms with van der Waals surface area (Å²) >= 11 is 0. The average molecular weight is 601 g/mol. The number of nitrogens with one attached hydrogen (secondary N) is 3. The van der Waals surface area contributed by atoms with Gasteiger partial charge in [-0.1, -0.05) is 39.3 Å². The largest absolute Gasteiger partial charge is 0.460 e. The van der Waals surface area contributed by atoms with Crippen molar-refractivity contribution in [2.45, 2.75) is 106 Å². The number of nitrogens with zero attached hydrogens (tertiary/aromatic N) is 1. The molecular weight excluding hydrogens is 552 g/mol. The first-order valence-electron chi connectivity index (χ1n) is 14.9. The first kappa shape index (κ1) is 35.4. The van der Waals surface area contributed by atoms with Gasteiger partial charge in [-0.2, -0.15) is 0 Å². The first-order valence-corrected chi connectivity index (χ1v) is 14.9. The lowest BCUT2D eigenvalue weighted by Crippen LogP contribution is -2.50. The molecule has 0 spiro atoms. The van der Waals surface area contributed by atoms with E-state index in [9.17, 15) is 28.8 Å². The Morgan fingerprint density at radius 2 is 1.49 bits per heavy atom. The molecule has 0 aromatic heterocycles. The lowest BCUT2D eigenvalue weighted by molar-refractivity contribution is -0.154. The summed E-state index contributed by atoms with van der Waals surface area (Å²) in [5.74, 6) is -2.08. The van der Waals surface area contributed by atoms with E-state index in [0.717, 1.165) is 5.56 Å². The molecule has 3 N–H and O–H groups in total. The minimum atomic E-state index is -0.854. The van der Waals surface area contributed by atoms with Gasteiger partial charge in [0.1, 0.15) is 18.7 Å². The van der Waals surface area contributed by atoms with Crippen LogP contribution in [0.1, 0.15) is 93.1 Å². The number of carbonyl (C=O) groups excluding carboxylic acids is 6. The molecule has 1 aliphatic heterocycles. The molecule has 11 heteroatoms. The molecule has 1 aliphatic rings. The number of amides is 5. The number of likely N-dealkylation sites (tertiary alicyclic amines) is 1. The lowest BCUT2D eigenvalue weighted by atomic mass is 9.80. The van der Waals surface area contributed by atoms with Crippen LogP contribution in [0.5, 0.6) is 0 Å². The summed E-state index contributed by atoms with van der Waals surface area (Å²) in [5.41, 5.74) is 0.437. The number of ether oxygens (including phenoxy) is 1. The van der Waals surface area contributed by atoms with Crippen LogP contribution in [0.3, 0.4) is 0 Å². The van der Waals surface area contributed by atoms with E-state index in [1.54, 1.807) is 58.9 Å². The molecule has 1 saturated heterocycles. The van der Waals surface area contributed by atoms with Crippen LogP contribution in [0.15, 0.2) is 24.3 Å². The number of esters is 1. The Labute approximate surface area is 254 Å². The fourth-order valence-corrected chi connectivity index (χ4v) is 4.41. The number of imide groups is 1. The van der Waals surface area contributed by atoms with Gasteiger partial charge in [0.15, 0.2) is 0 Å². The maximum atomic E-state index is 12.6. The molecular formula is C32H48N4O7. The highest BCUT2D eigenvalue weighted by Crippen LogP contribution is 2.35. The van der Waals surface area contributed by atoms with E-state index in [1.807, 2.05) is 20.8 Å². The maximum Gasteiger partial charge on any atom is 0.311 e. The number of anilines is 1. The molecule has 3 atom stereocenters. The second kappa shape index (κ2) is 15.1. The summed E-state index contributed by atoms with van der Waals surface area (Å²) in [7, 11) is 0. The van der Waals surface area contributed by atoms with Crippen molar-refractivity contribution in [2.24, 2.45) is 16.7 Å². The van der Waals surface area contributed by atoms with Gasteiger partial charge < -0.3 is 20.7 Å². The van der Waals surface area contributed by atoms with Crippen molar-refractivity contribution < 1.29 is 33.5 Å². The number of benzene rings is 1. The Balaban J connectivity index is 1.68. The summed E-state index contributed by atoms with van der Waals surface area (Å²) in [6, 6.07) is 5.14. The SMILES string of the molecule is C[C@H](NC(=O)CCCCCN1C(=O)CC(C(C)(C)C)C1=O)C(=O)N[C@@H](C)C(=O)Nc1ccc(COC(=O)C(C)(C)C)cc1. The molecule has 0 radical (unpaired) electrons. The minimum Gasteiger partial charge on any atom is -0.460 e. The maximum absolute atomic E-state index is 12.6. The molecule has 11 nitrogen and oxygen atoms in total. The zero-order valence-corrected chi connectivity index (χ0v) is 26.8. The van der Waals surface area contributed by atoms with Gasteiger partial charge >= 0.3 is 5.97 Å². The van der Waals surface area contributed by atoms with E-state index < -0.39 is 29.3 Å². The van der Waals surface area contributed by atoms with Crippen molar-refractivity contribution in [1.29, 1.82) is 0 Å². The lowest BCUT2D eigenvalue weighted by Gasteiger charge is -2.24. The normalized spacial score (nSPS) is 16.8. The predicted molar refractivity (Wildman–Crippen MR) is 162 cm³/mol. The predicted octanol–water partition coefficient (Wildman–Crippen LogP) is 3.71. The standard InChI is InChI=1S/C32H48N4O7/c1-20(33-25(37)12-10-9-11-17-36-26(38)18-24(29(36)41)31(3,4)5)27(39)34-21(2)28(40)35-23-15-13-22(14-16-23)19-43-30(42)32(6,7)8/h13-16,20-21,24H,9-12,17-19H2,1-8H3,(H,33,37)(H,34,39)(H,35,40)/t20-,21-,24?/m0/s1. The Kier molecular flexibility index (Phi) is 12.5. The monoisotopic (exact) mass is 600 g/mol. The fraction of sp³-hybridized carbons (Fsp3) is 0.625. The number of hydrogen-bond acceptors (Lipinski definition) is 7. The van der Waals surface area contributed by atoms with Crippen LogP contribution in [0.4, 0.5) is 5.69 Å². The highest BCUT2D eigenvalue weighted by Gasteiger charge is 2.44. The Bertz CT molecular complexity index is 1180.